The van der Waals surface area contributed by atoms with Crippen molar-refractivity contribution in [1.29, 1.82) is 0 Å². The topological polar surface area (TPSA) is 54.7 Å². The van der Waals surface area contributed by atoms with E-state index in [4.69, 9.17) is 10.7 Å². The van der Waals surface area contributed by atoms with Crippen molar-refractivity contribution in [2.45, 2.75) is 44.6 Å². The van der Waals surface area contributed by atoms with Gasteiger partial charge in [0.15, 0.2) is 0 Å². The number of nitrogens with zero attached hydrogens (tertiary/aromatic N) is 1. The van der Waals surface area contributed by atoms with E-state index >= 15 is 0 Å². The van der Waals surface area contributed by atoms with Gasteiger partial charge in [0.25, 0.3) is 0 Å². The maximum Gasteiger partial charge on any atom is 0.111 e. The maximum atomic E-state index is 6.23. The van der Waals surface area contributed by atoms with Gasteiger partial charge in [-0.05, 0) is 37.5 Å². The molecule has 3 N–H and O–H groups in total. The molecular formula is C14H18BrN3. The fraction of sp³-hybridized carbons (Fsp3) is 0.500. The summed E-state index contributed by atoms with van der Waals surface area (Å²) in [5.41, 5.74) is 9.61. The first-order chi connectivity index (χ1) is 8.65. The molecular weight excluding hydrogens is 290 g/mol. The smallest absolute Gasteiger partial charge is 0.111 e. The van der Waals surface area contributed by atoms with Crippen LogP contribution in [0.25, 0.3) is 11.0 Å². The number of fused-ring (bicyclic) bond motifs is 1. The molecule has 2 unspecified atom stereocenters. The Morgan fingerprint density at radius 1 is 1.33 bits per heavy atom. The predicted molar refractivity (Wildman–Crippen MR) is 77.7 cm³/mol. The lowest BCUT2D eigenvalue weighted by Gasteiger charge is -2.26. The van der Waals surface area contributed by atoms with Crippen LogP contribution in [0.5, 0.6) is 0 Å². The van der Waals surface area contributed by atoms with Gasteiger partial charge in [0.05, 0.1) is 11.0 Å². The minimum Gasteiger partial charge on any atom is -0.342 e. The molecule has 0 bridgehead atoms. The summed E-state index contributed by atoms with van der Waals surface area (Å²) in [6.45, 7) is 2.10. The Labute approximate surface area is 115 Å². The number of nitrogens with two attached hydrogens (primary N) is 1. The number of H-pyrrole nitrogens is 1. The Hall–Kier alpha value is -0.870. The van der Waals surface area contributed by atoms with Gasteiger partial charge in [-0.1, -0.05) is 28.8 Å². The summed E-state index contributed by atoms with van der Waals surface area (Å²) in [4.78, 5) is 8.23. The van der Waals surface area contributed by atoms with Crippen molar-refractivity contribution >= 4 is 27.0 Å². The first-order valence-electron chi connectivity index (χ1n) is 6.56. The molecule has 1 aliphatic carbocycles. The zero-order chi connectivity index (χ0) is 12.7. The van der Waals surface area contributed by atoms with E-state index < -0.39 is 0 Å². The molecule has 0 spiro atoms. The second-order valence-corrected chi connectivity index (χ2v) is 6.21. The van der Waals surface area contributed by atoms with Crippen LogP contribution in [0.3, 0.4) is 0 Å². The SMILES string of the molecule is Cc1cc(Br)cc2[nH]c(C3CCCCC3N)nc12. The highest BCUT2D eigenvalue weighted by Gasteiger charge is 2.26. The Kier molecular flexibility index (Phi) is 3.16. The molecule has 1 aromatic carbocycles. The molecule has 1 aromatic heterocycles. The van der Waals surface area contributed by atoms with Gasteiger partial charge in [-0.15, -0.1) is 0 Å². The van der Waals surface area contributed by atoms with Gasteiger partial charge in [0, 0.05) is 16.4 Å². The van der Waals surface area contributed by atoms with Crippen LogP contribution in [0.2, 0.25) is 0 Å². The summed E-state index contributed by atoms with van der Waals surface area (Å²) in [5.74, 6) is 1.46. The molecule has 1 heterocycles. The van der Waals surface area contributed by atoms with E-state index in [9.17, 15) is 0 Å². The molecule has 0 amide bonds. The van der Waals surface area contributed by atoms with Gasteiger partial charge in [-0.3, -0.25) is 0 Å². The van der Waals surface area contributed by atoms with Crippen LogP contribution in [-0.2, 0) is 0 Å². The van der Waals surface area contributed by atoms with E-state index in [-0.39, 0.29) is 6.04 Å². The molecule has 18 heavy (non-hydrogen) atoms. The molecule has 0 aliphatic heterocycles. The van der Waals surface area contributed by atoms with Crippen LogP contribution < -0.4 is 5.73 Å². The number of aromatic amines is 1. The fourth-order valence-electron chi connectivity index (χ4n) is 2.94. The summed E-state index contributed by atoms with van der Waals surface area (Å²) in [6.07, 6.45) is 4.78. The van der Waals surface area contributed by atoms with Crippen LogP contribution in [0.1, 0.15) is 43.0 Å². The quantitative estimate of drug-likeness (QED) is 0.845. The number of imidazole rings is 1. The molecule has 1 fully saturated rings. The molecule has 0 saturated heterocycles. The summed E-state index contributed by atoms with van der Waals surface area (Å²) >= 11 is 3.53. The second kappa shape index (κ2) is 4.67. The van der Waals surface area contributed by atoms with Crippen molar-refractivity contribution in [2.75, 3.05) is 0 Å². The van der Waals surface area contributed by atoms with E-state index in [0.717, 1.165) is 34.2 Å². The lowest BCUT2D eigenvalue weighted by Crippen LogP contribution is -2.31. The summed E-state index contributed by atoms with van der Waals surface area (Å²) < 4.78 is 1.09. The second-order valence-electron chi connectivity index (χ2n) is 5.30. The van der Waals surface area contributed by atoms with Crippen LogP contribution in [0, 0.1) is 6.92 Å². The van der Waals surface area contributed by atoms with Crippen molar-refractivity contribution in [1.82, 2.24) is 9.97 Å². The summed E-state index contributed by atoms with van der Waals surface area (Å²) in [5, 5.41) is 0. The molecule has 2 atom stereocenters. The highest BCUT2D eigenvalue weighted by atomic mass is 79.9. The maximum absolute atomic E-state index is 6.23. The van der Waals surface area contributed by atoms with E-state index in [1.165, 1.54) is 18.4 Å². The average Bonchev–Trinajstić information content (AvgIpc) is 2.73. The average molecular weight is 308 g/mol. The first-order valence-corrected chi connectivity index (χ1v) is 7.36. The third-order valence-electron chi connectivity index (χ3n) is 3.93. The number of nitrogens with one attached hydrogen (secondary N) is 1. The van der Waals surface area contributed by atoms with Gasteiger partial charge >= 0.3 is 0 Å². The lowest BCUT2D eigenvalue weighted by atomic mass is 9.84. The molecule has 0 radical (unpaired) electrons. The lowest BCUT2D eigenvalue weighted by molar-refractivity contribution is 0.375. The zero-order valence-corrected chi connectivity index (χ0v) is 12.1. The van der Waals surface area contributed by atoms with Crippen molar-refractivity contribution in [3.63, 3.8) is 0 Å². The van der Waals surface area contributed by atoms with Crippen LogP contribution in [0.4, 0.5) is 0 Å². The standard InChI is InChI=1S/C14H18BrN3/c1-8-6-9(15)7-12-13(8)18-14(17-12)10-4-2-3-5-11(10)16/h6-7,10-11H,2-5,16H2,1H3,(H,17,18). The largest absolute Gasteiger partial charge is 0.342 e. The van der Waals surface area contributed by atoms with Crippen LogP contribution in [-0.4, -0.2) is 16.0 Å². The Balaban J connectivity index is 2.05. The Morgan fingerprint density at radius 2 is 2.11 bits per heavy atom. The molecule has 96 valence electrons. The minimum absolute atomic E-state index is 0.253. The number of aromatic nitrogens is 2. The monoisotopic (exact) mass is 307 g/mol. The highest BCUT2D eigenvalue weighted by molar-refractivity contribution is 9.10. The Bertz CT molecular complexity index is 576. The van der Waals surface area contributed by atoms with E-state index in [1.54, 1.807) is 0 Å². The first kappa shape index (κ1) is 12.2. The van der Waals surface area contributed by atoms with Crippen LogP contribution >= 0.6 is 15.9 Å². The fourth-order valence-corrected chi connectivity index (χ4v) is 3.51. The number of benzene rings is 1. The molecule has 4 heteroatoms. The molecule has 1 aliphatic rings. The van der Waals surface area contributed by atoms with Crippen molar-refractivity contribution in [3.05, 3.63) is 28.0 Å². The van der Waals surface area contributed by atoms with E-state index in [1.807, 2.05) is 0 Å². The Morgan fingerprint density at radius 3 is 2.89 bits per heavy atom. The van der Waals surface area contributed by atoms with Crippen LogP contribution in [0.15, 0.2) is 16.6 Å². The molecule has 1 saturated carbocycles. The van der Waals surface area contributed by atoms with Gasteiger partial charge in [-0.25, -0.2) is 4.98 Å². The summed E-state index contributed by atoms with van der Waals surface area (Å²) in [7, 11) is 0. The third kappa shape index (κ3) is 2.08. The normalized spacial score (nSPS) is 24.6. The molecule has 2 aromatic rings. The number of hydrogen-bond acceptors (Lipinski definition) is 2. The van der Waals surface area contributed by atoms with Crippen molar-refractivity contribution in [3.8, 4) is 0 Å². The zero-order valence-electron chi connectivity index (χ0n) is 10.5. The van der Waals surface area contributed by atoms with E-state index in [2.05, 4.69) is 40.0 Å². The number of aryl methyl sites for hydroxylation is 1. The van der Waals surface area contributed by atoms with Gasteiger partial charge in [-0.2, -0.15) is 0 Å². The number of rotatable bonds is 1. The van der Waals surface area contributed by atoms with Gasteiger partial charge in [0.2, 0.25) is 0 Å². The molecule has 3 nitrogen and oxygen atoms in total. The predicted octanol–water partition coefficient (Wildman–Crippen LogP) is 3.62. The number of hydrogen-bond donors (Lipinski definition) is 2. The van der Waals surface area contributed by atoms with Crippen molar-refractivity contribution < 1.29 is 0 Å². The van der Waals surface area contributed by atoms with Gasteiger partial charge < -0.3 is 10.7 Å². The third-order valence-corrected chi connectivity index (χ3v) is 4.39. The van der Waals surface area contributed by atoms with E-state index in [0.29, 0.717) is 5.92 Å². The molecule has 3 rings (SSSR count). The van der Waals surface area contributed by atoms with Crippen molar-refractivity contribution in [2.24, 2.45) is 5.73 Å². The van der Waals surface area contributed by atoms with Gasteiger partial charge in [0.1, 0.15) is 5.82 Å². The highest BCUT2D eigenvalue weighted by Crippen LogP contribution is 2.32. The summed E-state index contributed by atoms with van der Waals surface area (Å²) in [6, 6.07) is 4.45. The minimum atomic E-state index is 0.253. The number of halogens is 1.